The van der Waals surface area contributed by atoms with Crippen LogP contribution in [0.1, 0.15) is 25.1 Å². The van der Waals surface area contributed by atoms with E-state index >= 15 is 0 Å². The normalized spacial score (nSPS) is 11.5. The number of amides is 2. The van der Waals surface area contributed by atoms with Gasteiger partial charge in [0, 0.05) is 28.6 Å². The predicted molar refractivity (Wildman–Crippen MR) is 194 cm³/mol. The van der Waals surface area contributed by atoms with Gasteiger partial charge in [-0.25, -0.2) is 9.48 Å². The molecule has 0 radical (unpaired) electrons. The zero-order chi connectivity index (χ0) is 34.5. The first-order valence-electron chi connectivity index (χ1n) is 15.3. The lowest BCUT2D eigenvalue weighted by Gasteiger charge is -2.18. The van der Waals surface area contributed by atoms with Gasteiger partial charge in [0.1, 0.15) is 23.9 Å². The van der Waals surface area contributed by atoms with Crippen molar-refractivity contribution >= 4 is 52.6 Å². The number of aromatic hydroxyl groups is 1. The second kappa shape index (κ2) is 14.8. The quantitative estimate of drug-likeness (QED) is 0.102. The van der Waals surface area contributed by atoms with E-state index in [0.717, 1.165) is 26.6 Å². The minimum absolute atomic E-state index is 0.0396. The van der Waals surface area contributed by atoms with Crippen LogP contribution in [0.2, 0.25) is 5.02 Å². The molecule has 49 heavy (non-hydrogen) atoms. The van der Waals surface area contributed by atoms with Crippen LogP contribution in [0.5, 0.6) is 11.5 Å². The van der Waals surface area contributed by atoms with E-state index < -0.39 is 6.03 Å². The third kappa shape index (κ3) is 7.65. The minimum atomic E-state index is -0.406. The van der Waals surface area contributed by atoms with E-state index in [0.29, 0.717) is 28.7 Å². The van der Waals surface area contributed by atoms with E-state index in [2.05, 4.69) is 34.7 Å². The number of hydrogen-bond acceptors (Lipinski definition) is 9. The highest BCUT2D eigenvalue weighted by Gasteiger charge is 2.25. The number of urea groups is 1. The lowest BCUT2D eigenvalue weighted by molar-refractivity contribution is 0.202. The van der Waals surface area contributed by atoms with E-state index in [9.17, 15) is 15.0 Å². The standard InChI is InChI=1S/C35H34ClN7O4S2/c1-35(2,48-3)30-19-32(43(41-30)23-12-14-27(45)26(36)18-23)38-34(46)37-20-22-8-4-7-11-29(22)49-24-13-15-31-39-40-33(42(31)21-24)25-9-5-6-10-28(25)47-17-16-44/h4-15,18-19,21,44-45H,16-17,20H2,1-3H3,(H2,37,38,46). The van der Waals surface area contributed by atoms with Crippen LogP contribution in [0.15, 0.2) is 101 Å². The molecule has 252 valence electrons. The maximum atomic E-state index is 13.3. The summed E-state index contributed by atoms with van der Waals surface area (Å²) in [7, 11) is 0. The average molecular weight is 716 g/mol. The highest BCUT2D eigenvalue weighted by atomic mass is 35.5. The first-order valence-corrected chi connectivity index (χ1v) is 17.7. The molecule has 0 atom stereocenters. The molecule has 4 N–H and O–H groups in total. The molecule has 6 rings (SSSR count). The van der Waals surface area contributed by atoms with Gasteiger partial charge in [-0.3, -0.25) is 9.72 Å². The molecule has 3 heterocycles. The van der Waals surface area contributed by atoms with E-state index in [4.69, 9.17) is 21.4 Å². The topological polar surface area (TPSA) is 139 Å². The van der Waals surface area contributed by atoms with Gasteiger partial charge in [0.05, 0.1) is 33.3 Å². The maximum absolute atomic E-state index is 13.3. The average Bonchev–Trinajstić information content (AvgIpc) is 3.73. The molecule has 11 nitrogen and oxygen atoms in total. The van der Waals surface area contributed by atoms with Gasteiger partial charge in [-0.2, -0.15) is 16.9 Å². The van der Waals surface area contributed by atoms with Gasteiger partial charge >= 0.3 is 6.03 Å². The number of pyridine rings is 1. The Bertz CT molecular complexity index is 2120. The number of ether oxygens (including phenoxy) is 1. The number of halogens is 1. The smallest absolute Gasteiger partial charge is 0.320 e. The van der Waals surface area contributed by atoms with Crippen LogP contribution < -0.4 is 15.4 Å². The SMILES string of the molecule is CSC(C)(C)c1cc(NC(=O)NCc2ccccc2Sc2ccc3nnc(-c4ccccc4OCCO)n3c2)n(-c2ccc(O)c(Cl)c2)n1. The summed E-state index contributed by atoms with van der Waals surface area (Å²) >= 11 is 9.40. The monoisotopic (exact) mass is 715 g/mol. The van der Waals surface area contributed by atoms with E-state index in [1.807, 2.05) is 83.6 Å². The number of thioether (sulfide) groups is 1. The Kier molecular flexibility index (Phi) is 10.3. The number of phenols is 1. The summed E-state index contributed by atoms with van der Waals surface area (Å²) < 4.78 is 8.95. The number of para-hydroxylation sites is 1. The van der Waals surface area contributed by atoms with Crippen LogP contribution in [0.25, 0.3) is 22.7 Å². The summed E-state index contributed by atoms with van der Waals surface area (Å²) in [6.45, 7) is 4.46. The molecular weight excluding hydrogens is 682 g/mol. The Balaban J connectivity index is 1.20. The number of benzene rings is 3. The summed E-state index contributed by atoms with van der Waals surface area (Å²) in [6.07, 6.45) is 3.98. The molecule has 0 saturated heterocycles. The van der Waals surface area contributed by atoms with Crippen molar-refractivity contribution in [2.75, 3.05) is 24.8 Å². The zero-order valence-electron chi connectivity index (χ0n) is 26.9. The molecule has 0 aliphatic heterocycles. The van der Waals surface area contributed by atoms with Crippen molar-refractivity contribution in [3.8, 4) is 28.6 Å². The molecule has 3 aromatic heterocycles. The third-order valence-corrected chi connectivity index (χ3v) is 10.4. The number of aliphatic hydroxyl groups excluding tert-OH is 1. The fraction of sp³-hybridized carbons (Fsp3) is 0.200. The van der Waals surface area contributed by atoms with Gasteiger partial charge in [-0.15, -0.1) is 10.2 Å². The number of aliphatic hydroxyl groups is 1. The number of nitrogens with zero attached hydrogens (tertiary/aromatic N) is 5. The molecule has 0 aliphatic rings. The van der Waals surface area contributed by atoms with Crippen molar-refractivity contribution in [3.05, 3.63) is 107 Å². The van der Waals surface area contributed by atoms with Crippen molar-refractivity contribution in [2.45, 2.75) is 34.9 Å². The number of aromatic nitrogens is 5. The Morgan fingerprint density at radius 2 is 1.82 bits per heavy atom. The molecule has 0 saturated carbocycles. The Hall–Kier alpha value is -4.69. The minimum Gasteiger partial charge on any atom is -0.506 e. The molecule has 2 amide bonds. The van der Waals surface area contributed by atoms with E-state index in [1.165, 1.54) is 6.07 Å². The molecular formula is C35H34ClN7O4S2. The van der Waals surface area contributed by atoms with E-state index in [1.54, 1.807) is 40.3 Å². The molecule has 0 spiro atoms. The van der Waals surface area contributed by atoms with Gasteiger partial charge in [0.25, 0.3) is 0 Å². The fourth-order valence-electron chi connectivity index (χ4n) is 4.95. The zero-order valence-corrected chi connectivity index (χ0v) is 29.3. The first kappa shape index (κ1) is 34.2. The third-order valence-electron chi connectivity index (χ3n) is 7.75. The van der Waals surface area contributed by atoms with Crippen LogP contribution in [0.4, 0.5) is 10.6 Å². The summed E-state index contributed by atoms with van der Waals surface area (Å²) in [5.74, 6) is 1.65. The largest absolute Gasteiger partial charge is 0.506 e. The highest BCUT2D eigenvalue weighted by molar-refractivity contribution is 7.99. The van der Waals surface area contributed by atoms with Crippen LogP contribution in [0.3, 0.4) is 0 Å². The van der Waals surface area contributed by atoms with Crippen LogP contribution >= 0.6 is 35.1 Å². The van der Waals surface area contributed by atoms with Crippen molar-refractivity contribution in [1.29, 1.82) is 0 Å². The molecule has 3 aromatic carbocycles. The van der Waals surface area contributed by atoms with Crippen molar-refractivity contribution in [1.82, 2.24) is 29.7 Å². The van der Waals surface area contributed by atoms with Gasteiger partial charge in [0.2, 0.25) is 0 Å². The number of carbonyl (C=O) groups is 1. The molecule has 0 aliphatic carbocycles. The molecule has 14 heteroatoms. The van der Waals surface area contributed by atoms with Crippen molar-refractivity contribution < 1.29 is 19.7 Å². The lowest BCUT2D eigenvalue weighted by Crippen LogP contribution is -2.29. The van der Waals surface area contributed by atoms with Gasteiger partial charge in [-0.05, 0) is 74.2 Å². The summed E-state index contributed by atoms with van der Waals surface area (Å²) in [6, 6.07) is 25.5. The van der Waals surface area contributed by atoms with Gasteiger partial charge in [-0.1, -0.05) is 53.7 Å². The van der Waals surface area contributed by atoms with Crippen LogP contribution in [0, 0.1) is 0 Å². The summed E-state index contributed by atoms with van der Waals surface area (Å²) in [5.41, 5.74) is 3.74. The summed E-state index contributed by atoms with van der Waals surface area (Å²) in [5, 5.41) is 38.8. The second-order valence-corrected chi connectivity index (χ2v) is 14.3. The predicted octanol–water partition coefficient (Wildman–Crippen LogP) is 7.38. The highest BCUT2D eigenvalue weighted by Crippen LogP contribution is 2.36. The molecule has 0 bridgehead atoms. The number of nitrogens with one attached hydrogen (secondary N) is 2. The number of hydrogen-bond donors (Lipinski definition) is 4. The number of fused-ring (bicyclic) bond motifs is 1. The van der Waals surface area contributed by atoms with Crippen molar-refractivity contribution in [2.24, 2.45) is 0 Å². The number of rotatable bonds is 12. The fourth-order valence-corrected chi connectivity index (χ4v) is 6.40. The number of anilines is 1. The number of phenolic OH excluding ortho intramolecular Hbond substituents is 1. The maximum Gasteiger partial charge on any atom is 0.320 e. The van der Waals surface area contributed by atoms with Crippen LogP contribution in [-0.2, 0) is 11.3 Å². The Morgan fingerprint density at radius 1 is 1.02 bits per heavy atom. The molecule has 0 unspecified atom stereocenters. The number of carbonyl (C=O) groups excluding carboxylic acids is 1. The van der Waals surface area contributed by atoms with E-state index in [-0.39, 0.29) is 35.3 Å². The second-order valence-electron chi connectivity index (χ2n) is 11.4. The molecule has 0 fully saturated rings. The van der Waals surface area contributed by atoms with Crippen molar-refractivity contribution in [3.63, 3.8) is 0 Å². The van der Waals surface area contributed by atoms with Gasteiger partial charge in [0.15, 0.2) is 11.5 Å². The van der Waals surface area contributed by atoms with Gasteiger partial charge < -0.3 is 20.3 Å². The lowest BCUT2D eigenvalue weighted by atomic mass is 10.1. The van der Waals surface area contributed by atoms with Crippen LogP contribution in [-0.4, -0.2) is 60.1 Å². The Morgan fingerprint density at radius 3 is 2.61 bits per heavy atom. The Labute approximate surface area is 296 Å². The first-order chi connectivity index (χ1) is 23.7. The summed E-state index contributed by atoms with van der Waals surface area (Å²) in [4.78, 5) is 15.2. The molecule has 6 aromatic rings.